The Balaban J connectivity index is 1.84. The van der Waals surface area contributed by atoms with E-state index in [-0.39, 0.29) is 11.5 Å². The summed E-state index contributed by atoms with van der Waals surface area (Å²) in [6, 6.07) is 1.41. The Bertz CT molecular complexity index is 695. The van der Waals surface area contributed by atoms with Crippen molar-refractivity contribution >= 4 is 26.5 Å². The molecule has 0 bridgehead atoms. The van der Waals surface area contributed by atoms with Crippen LogP contribution in [0.15, 0.2) is 17.2 Å². The molecule has 20 heavy (non-hydrogen) atoms. The zero-order chi connectivity index (χ0) is 14.2. The van der Waals surface area contributed by atoms with Gasteiger partial charge in [0.2, 0.25) is 0 Å². The van der Waals surface area contributed by atoms with Crippen molar-refractivity contribution in [2.75, 3.05) is 4.72 Å². The number of nitrogens with zero attached hydrogens (tertiary/aromatic N) is 1. The molecule has 108 valence electrons. The summed E-state index contributed by atoms with van der Waals surface area (Å²) in [5, 5.41) is 9.38. The van der Waals surface area contributed by atoms with Gasteiger partial charge in [-0.1, -0.05) is 0 Å². The SMILES string of the molecule is O=S(=O)(Nc1nc2c(s1)CCCC2)c1c[nH]c(CO)c1. The normalized spacial score (nSPS) is 15.1. The predicted octanol–water partition coefficient (Wildman–Crippen LogP) is 1.64. The fraction of sp³-hybridized carbons (Fsp3) is 0.417. The number of fused-ring (bicyclic) bond motifs is 1. The van der Waals surface area contributed by atoms with Crippen LogP contribution in [0.1, 0.15) is 29.1 Å². The molecule has 2 heterocycles. The Labute approximate surface area is 120 Å². The number of aromatic nitrogens is 2. The maximum Gasteiger partial charge on any atom is 0.265 e. The molecule has 2 aromatic heterocycles. The summed E-state index contributed by atoms with van der Waals surface area (Å²) in [6.45, 7) is -0.221. The molecule has 0 unspecified atom stereocenters. The third-order valence-corrected chi connectivity index (χ3v) is 5.78. The van der Waals surface area contributed by atoms with Gasteiger partial charge in [-0.15, -0.1) is 11.3 Å². The van der Waals surface area contributed by atoms with Gasteiger partial charge in [0, 0.05) is 16.8 Å². The minimum Gasteiger partial charge on any atom is -0.390 e. The van der Waals surface area contributed by atoms with Gasteiger partial charge in [-0.3, -0.25) is 4.72 Å². The molecule has 6 nitrogen and oxygen atoms in total. The van der Waals surface area contributed by atoms with E-state index in [1.807, 2.05) is 0 Å². The Kier molecular flexibility index (Phi) is 3.53. The second kappa shape index (κ2) is 5.19. The van der Waals surface area contributed by atoms with E-state index in [1.165, 1.54) is 28.5 Å². The first-order valence-electron chi connectivity index (χ1n) is 6.38. The fourth-order valence-corrected chi connectivity index (χ4v) is 4.54. The second-order valence-corrected chi connectivity index (χ2v) is 7.49. The number of sulfonamides is 1. The topological polar surface area (TPSA) is 95.1 Å². The summed E-state index contributed by atoms with van der Waals surface area (Å²) in [4.78, 5) is 8.35. The van der Waals surface area contributed by atoms with Crippen molar-refractivity contribution in [1.29, 1.82) is 0 Å². The molecular weight excluding hydrogens is 298 g/mol. The van der Waals surface area contributed by atoms with E-state index < -0.39 is 10.0 Å². The van der Waals surface area contributed by atoms with Crippen LogP contribution in [-0.4, -0.2) is 23.5 Å². The number of thiazole rings is 1. The molecule has 0 amide bonds. The third kappa shape index (κ3) is 2.58. The van der Waals surface area contributed by atoms with Gasteiger partial charge in [0.25, 0.3) is 10.0 Å². The molecule has 0 saturated heterocycles. The number of nitrogens with one attached hydrogen (secondary N) is 2. The Morgan fingerprint density at radius 2 is 2.20 bits per heavy atom. The molecule has 2 aromatic rings. The quantitative estimate of drug-likeness (QED) is 0.799. The van der Waals surface area contributed by atoms with Crippen LogP contribution in [0.3, 0.4) is 0 Å². The first kappa shape index (κ1) is 13.6. The van der Waals surface area contributed by atoms with E-state index in [0.29, 0.717) is 10.8 Å². The highest BCUT2D eigenvalue weighted by atomic mass is 32.2. The van der Waals surface area contributed by atoms with Crippen LogP contribution >= 0.6 is 11.3 Å². The van der Waals surface area contributed by atoms with Gasteiger partial charge in [0.05, 0.1) is 12.3 Å². The van der Waals surface area contributed by atoms with Crippen LogP contribution < -0.4 is 4.72 Å². The molecule has 3 N–H and O–H groups in total. The van der Waals surface area contributed by atoms with Gasteiger partial charge < -0.3 is 10.1 Å². The largest absolute Gasteiger partial charge is 0.390 e. The molecule has 0 fully saturated rings. The van der Waals surface area contributed by atoms with E-state index in [1.54, 1.807) is 0 Å². The van der Waals surface area contributed by atoms with Crippen molar-refractivity contribution < 1.29 is 13.5 Å². The average Bonchev–Trinajstić information content (AvgIpc) is 3.04. The maximum absolute atomic E-state index is 12.2. The summed E-state index contributed by atoms with van der Waals surface area (Å²) < 4.78 is 26.9. The van der Waals surface area contributed by atoms with Crippen molar-refractivity contribution in [1.82, 2.24) is 9.97 Å². The van der Waals surface area contributed by atoms with E-state index in [9.17, 15) is 8.42 Å². The number of hydrogen-bond donors (Lipinski definition) is 3. The first-order valence-corrected chi connectivity index (χ1v) is 8.68. The maximum atomic E-state index is 12.2. The number of aliphatic hydroxyl groups is 1. The van der Waals surface area contributed by atoms with Gasteiger partial charge in [-0.05, 0) is 31.7 Å². The lowest BCUT2D eigenvalue weighted by molar-refractivity contribution is 0.277. The van der Waals surface area contributed by atoms with Crippen LogP contribution in [0, 0.1) is 0 Å². The molecule has 0 radical (unpaired) electrons. The van der Waals surface area contributed by atoms with E-state index in [2.05, 4.69) is 14.7 Å². The molecule has 0 atom stereocenters. The minimum absolute atomic E-state index is 0.106. The van der Waals surface area contributed by atoms with Gasteiger partial charge in [0.15, 0.2) is 5.13 Å². The first-order chi connectivity index (χ1) is 9.58. The van der Waals surface area contributed by atoms with E-state index >= 15 is 0 Å². The van der Waals surface area contributed by atoms with E-state index in [4.69, 9.17) is 5.11 Å². The molecule has 0 aromatic carbocycles. The number of aromatic amines is 1. The fourth-order valence-electron chi connectivity index (χ4n) is 2.23. The van der Waals surface area contributed by atoms with Crippen LogP contribution in [-0.2, 0) is 29.5 Å². The number of H-pyrrole nitrogens is 1. The summed E-state index contributed by atoms with van der Waals surface area (Å²) in [5.41, 5.74) is 1.48. The number of aryl methyl sites for hydroxylation is 2. The van der Waals surface area contributed by atoms with Crippen molar-refractivity contribution in [3.63, 3.8) is 0 Å². The summed E-state index contributed by atoms with van der Waals surface area (Å²) in [6.07, 6.45) is 5.51. The average molecular weight is 313 g/mol. The zero-order valence-corrected chi connectivity index (χ0v) is 12.4. The van der Waals surface area contributed by atoms with Gasteiger partial charge in [-0.25, -0.2) is 13.4 Å². The molecule has 3 rings (SSSR count). The lowest BCUT2D eigenvalue weighted by Crippen LogP contribution is -2.12. The molecule has 0 aliphatic heterocycles. The highest BCUT2D eigenvalue weighted by molar-refractivity contribution is 7.93. The standard InChI is InChI=1S/C12H15N3O3S2/c16-7-8-5-9(6-13-8)20(17,18)15-12-14-10-3-1-2-4-11(10)19-12/h5-6,13,16H,1-4,7H2,(H,14,15). The van der Waals surface area contributed by atoms with Crippen LogP contribution in [0.2, 0.25) is 0 Å². The summed E-state index contributed by atoms with van der Waals surface area (Å²) >= 11 is 1.41. The third-order valence-electron chi connectivity index (χ3n) is 3.26. The van der Waals surface area contributed by atoms with Gasteiger partial charge in [0.1, 0.15) is 4.90 Å². The van der Waals surface area contributed by atoms with Crippen molar-refractivity contribution in [2.24, 2.45) is 0 Å². The summed E-state index contributed by atoms with van der Waals surface area (Å²) in [7, 11) is -3.65. The van der Waals surface area contributed by atoms with Crippen molar-refractivity contribution in [3.8, 4) is 0 Å². The van der Waals surface area contributed by atoms with E-state index in [0.717, 1.165) is 31.4 Å². The van der Waals surface area contributed by atoms with Crippen molar-refractivity contribution in [2.45, 2.75) is 37.2 Å². The van der Waals surface area contributed by atoms with Crippen LogP contribution in [0.4, 0.5) is 5.13 Å². The highest BCUT2D eigenvalue weighted by Crippen LogP contribution is 2.30. The number of anilines is 1. The second-order valence-electron chi connectivity index (χ2n) is 4.72. The summed E-state index contributed by atoms with van der Waals surface area (Å²) in [5.74, 6) is 0. The number of hydrogen-bond acceptors (Lipinski definition) is 5. The Hall–Kier alpha value is -1.38. The lowest BCUT2D eigenvalue weighted by atomic mass is 10.0. The number of rotatable bonds is 4. The van der Waals surface area contributed by atoms with Gasteiger partial charge >= 0.3 is 0 Å². The number of aliphatic hydroxyl groups excluding tert-OH is 1. The molecule has 0 spiro atoms. The minimum atomic E-state index is -3.65. The molecule has 8 heteroatoms. The highest BCUT2D eigenvalue weighted by Gasteiger charge is 2.21. The zero-order valence-electron chi connectivity index (χ0n) is 10.7. The van der Waals surface area contributed by atoms with Crippen LogP contribution in [0.5, 0.6) is 0 Å². The Morgan fingerprint density at radius 1 is 1.40 bits per heavy atom. The van der Waals surface area contributed by atoms with Crippen LogP contribution in [0.25, 0.3) is 0 Å². The lowest BCUT2D eigenvalue weighted by Gasteiger charge is -2.06. The Morgan fingerprint density at radius 3 is 2.90 bits per heavy atom. The van der Waals surface area contributed by atoms with Gasteiger partial charge in [-0.2, -0.15) is 0 Å². The van der Waals surface area contributed by atoms with Crippen molar-refractivity contribution in [3.05, 3.63) is 28.5 Å². The smallest absolute Gasteiger partial charge is 0.265 e. The molecule has 0 saturated carbocycles. The monoisotopic (exact) mass is 313 g/mol. The predicted molar refractivity (Wildman–Crippen MR) is 76.3 cm³/mol. The molecular formula is C12H15N3O3S2. The molecule has 1 aliphatic carbocycles. The molecule has 1 aliphatic rings.